The van der Waals surface area contributed by atoms with Crippen LogP contribution in [0.5, 0.6) is 0 Å². The van der Waals surface area contributed by atoms with Gasteiger partial charge in [-0.15, -0.1) is 0 Å². The molecule has 0 aliphatic carbocycles. The summed E-state index contributed by atoms with van der Waals surface area (Å²) in [6.07, 6.45) is 1.81. The van der Waals surface area contributed by atoms with Crippen LogP contribution in [0.4, 0.5) is 0 Å². The van der Waals surface area contributed by atoms with E-state index in [-0.39, 0.29) is 11.2 Å². The highest BCUT2D eigenvalue weighted by atomic mass is 16.3. The van der Waals surface area contributed by atoms with Crippen LogP contribution in [0, 0.1) is 0 Å². The lowest BCUT2D eigenvalue weighted by atomic mass is 10.1. The molecule has 0 bridgehead atoms. The third-order valence-electron chi connectivity index (χ3n) is 4.97. The highest BCUT2D eigenvalue weighted by Gasteiger charge is 2.10. The molecule has 0 radical (unpaired) electrons. The molecule has 1 unspecified atom stereocenters. The predicted octanol–water partition coefficient (Wildman–Crippen LogP) is 2.02. The van der Waals surface area contributed by atoms with Crippen molar-refractivity contribution >= 4 is 10.9 Å². The highest BCUT2D eigenvalue weighted by molar-refractivity contribution is 5.77. The summed E-state index contributed by atoms with van der Waals surface area (Å²) in [6.45, 7) is 1.80. The van der Waals surface area contributed by atoms with Crippen molar-refractivity contribution in [2.45, 2.75) is 38.5 Å². The Bertz CT molecular complexity index is 1020. The van der Waals surface area contributed by atoms with E-state index in [1.54, 1.807) is 22.8 Å². The van der Waals surface area contributed by atoms with Gasteiger partial charge in [0.05, 0.1) is 17.0 Å². The van der Waals surface area contributed by atoms with Gasteiger partial charge < -0.3 is 10.4 Å². The van der Waals surface area contributed by atoms with Crippen molar-refractivity contribution in [3.63, 3.8) is 0 Å². The molecular weight excluding hydrogens is 354 g/mol. The van der Waals surface area contributed by atoms with E-state index >= 15 is 0 Å². The van der Waals surface area contributed by atoms with Gasteiger partial charge in [0.2, 0.25) is 0 Å². The largest absolute Gasteiger partial charge is 0.392 e. The minimum absolute atomic E-state index is 0.267. The number of fused-ring (bicyclic) bond motifs is 1. The number of unbranched alkanes of at least 4 members (excludes halogenated alkanes) is 1. The number of aliphatic hydroxyl groups excluding tert-OH is 1. The van der Waals surface area contributed by atoms with Gasteiger partial charge >= 0.3 is 5.69 Å². The average molecular weight is 381 g/mol. The Morgan fingerprint density at radius 2 is 1.71 bits per heavy atom. The van der Waals surface area contributed by atoms with E-state index in [2.05, 4.69) is 17.4 Å². The van der Waals surface area contributed by atoms with Crippen molar-refractivity contribution in [3.05, 3.63) is 81.0 Å². The summed E-state index contributed by atoms with van der Waals surface area (Å²) >= 11 is 0. The molecule has 6 heteroatoms. The van der Waals surface area contributed by atoms with Gasteiger partial charge in [-0.2, -0.15) is 0 Å². The molecule has 1 heterocycles. The standard InChI is InChI=1S/C22H27N3O3/c1-24-21(27)19-12-5-6-13-20(19)25(22(24)28)14-8-7-11-18(26)16-23-15-17-9-3-2-4-10-17/h2-6,9-10,12-13,18,23,26H,7-8,11,14-16H2,1H3. The molecule has 2 aromatic carbocycles. The third kappa shape index (κ3) is 4.77. The van der Waals surface area contributed by atoms with E-state index in [1.165, 1.54) is 12.6 Å². The van der Waals surface area contributed by atoms with Gasteiger partial charge in [-0.3, -0.25) is 13.9 Å². The van der Waals surface area contributed by atoms with Crippen molar-refractivity contribution in [1.82, 2.24) is 14.5 Å². The van der Waals surface area contributed by atoms with Crippen molar-refractivity contribution < 1.29 is 5.11 Å². The summed E-state index contributed by atoms with van der Waals surface area (Å²) in [7, 11) is 1.51. The molecule has 0 aliphatic heterocycles. The number of para-hydroxylation sites is 1. The summed E-state index contributed by atoms with van der Waals surface area (Å²) in [4.78, 5) is 24.7. The summed E-state index contributed by atoms with van der Waals surface area (Å²) in [5.74, 6) is 0. The maximum Gasteiger partial charge on any atom is 0.331 e. The lowest BCUT2D eigenvalue weighted by Crippen LogP contribution is -2.38. The smallest absolute Gasteiger partial charge is 0.331 e. The molecule has 3 rings (SSSR count). The SMILES string of the molecule is Cn1c(=O)c2ccccc2n(CCCCC(O)CNCc2ccccc2)c1=O. The highest BCUT2D eigenvalue weighted by Crippen LogP contribution is 2.09. The molecule has 0 saturated carbocycles. The Labute approximate surface area is 164 Å². The first-order chi connectivity index (χ1) is 13.6. The Hall–Kier alpha value is -2.70. The molecule has 2 N–H and O–H groups in total. The maximum absolute atomic E-state index is 12.5. The van der Waals surface area contributed by atoms with Crippen molar-refractivity contribution in [2.75, 3.05) is 6.54 Å². The fraction of sp³-hybridized carbons (Fsp3) is 0.364. The molecule has 6 nitrogen and oxygen atoms in total. The number of benzene rings is 2. The predicted molar refractivity (Wildman–Crippen MR) is 111 cm³/mol. The molecule has 148 valence electrons. The zero-order valence-corrected chi connectivity index (χ0v) is 16.2. The first-order valence-electron chi connectivity index (χ1n) is 9.69. The van der Waals surface area contributed by atoms with Gasteiger partial charge in [-0.25, -0.2) is 4.79 Å². The van der Waals surface area contributed by atoms with Gasteiger partial charge in [0, 0.05) is 26.7 Å². The number of aliphatic hydroxyl groups is 1. The second-order valence-electron chi connectivity index (χ2n) is 7.08. The van der Waals surface area contributed by atoms with Crippen LogP contribution in [0.15, 0.2) is 64.2 Å². The van der Waals surface area contributed by atoms with E-state index in [0.717, 1.165) is 24.0 Å². The molecular formula is C22H27N3O3. The minimum atomic E-state index is -0.419. The first kappa shape index (κ1) is 20.0. The molecule has 0 saturated heterocycles. The zero-order valence-electron chi connectivity index (χ0n) is 16.2. The quantitative estimate of drug-likeness (QED) is 0.556. The first-order valence-corrected chi connectivity index (χ1v) is 9.69. The normalized spacial score (nSPS) is 12.4. The van der Waals surface area contributed by atoms with E-state index < -0.39 is 6.10 Å². The molecule has 0 fully saturated rings. The van der Waals surface area contributed by atoms with Crippen LogP contribution >= 0.6 is 0 Å². The maximum atomic E-state index is 12.5. The number of nitrogens with zero attached hydrogens (tertiary/aromatic N) is 2. The molecule has 0 aliphatic rings. The van der Waals surface area contributed by atoms with Crippen LogP contribution in [-0.4, -0.2) is 26.9 Å². The number of aryl methyl sites for hydroxylation is 1. The zero-order chi connectivity index (χ0) is 19.9. The van der Waals surface area contributed by atoms with Crippen molar-refractivity contribution in [1.29, 1.82) is 0 Å². The van der Waals surface area contributed by atoms with Crippen molar-refractivity contribution in [3.8, 4) is 0 Å². The van der Waals surface area contributed by atoms with Crippen LogP contribution in [0.3, 0.4) is 0 Å². The number of rotatable bonds is 9. The van der Waals surface area contributed by atoms with Crippen LogP contribution in [0.25, 0.3) is 10.9 Å². The van der Waals surface area contributed by atoms with Crippen LogP contribution in [0.2, 0.25) is 0 Å². The lowest BCUT2D eigenvalue weighted by Gasteiger charge is -2.14. The lowest BCUT2D eigenvalue weighted by molar-refractivity contribution is 0.157. The second kappa shape index (κ2) is 9.48. The van der Waals surface area contributed by atoms with Gasteiger partial charge in [-0.1, -0.05) is 42.5 Å². The van der Waals surface area contributed by atoms with Gasteiger partial charge in [0.25, 0.3) is 5.56 Å². The second-order valence-corrected chi connectivity index (χ2v) is 7.08. The Balaban J connectivity index is 1.50. The fourth-order valence-corrected chi connectivity index (χ4v) is 3.39. The van der Waals surface area contributed by atoms with Crippen LogP contribution in [0.1, 0.15) is 24.8 Å². The van der Waals surface area contributed by atoms with E-state index in [4.69, 9.17) is 0 Å². The van der Waals surface area contributed by atoms with Gasteiger partial charge in [0.1, 0.15) is 0 Å². The molecule has 1 aromatic heterocycles. The van der Waals surface area contributed by atoms with E-state index in [1.807, 2.05) is 24.3 Å². The van der Waals surface area contributed by atoms with E-state index in [0.29, 0.717) is 30.4 Å². The summed E-state index contributed by atoms with van der Waals surface area (Å²) < 4.78 is 2.81. The molecule has 3 aromatic rings. The Morgan fingerprint density at radius 1 is 1.00 bits per heavy atom. The topological polar surface area (TPSA) is 76.3 Å². The third-order valence-corrected chi connectivity index (χ3v) is 4.97. The number of hydrogen-bond donors (Lipinski definition) is 2. The number of hydrogen-bond acceptors (Lipinski definition) is 4. The molecule has 28 heavy (non-hydrogen) atoms. The summed E-state index contributed by atoms with van der Waals surface area (Å²) in [5.41, 5.74) is 1.29. The van der Waals surface area contributed by atoms with Crippen LogP contribution < -0.4 is 16.6 Å². The number of nitrogens with one attached hydrogen (secondary N) is 1. The Kier molecular flexibility index (Phi) is 6.79. The molecule has 1 atom stereocenters. The minimum Gasteiger partial charge on any atom is -0.392 e. The summed E-state index contributed by atoms with van der Waals surface area (Å²) in [5, 5.41) is 14.0. The molecule has 0 amide bonds. The summed E-state index contributed by atoms with van der Waals surface area (Å²) in [6, 6.07) is 17.3. The van der Waals surface area contributed by atoms with Gasteiger partial charge in [0.15, 0.2) is 0 Å². The van der Waals surface area contributed by atoms with Gasteiger partial charge in [-0.05, 0) is 37.0 Å². The van der Waals surface area contributed by atoms with E-state index in [9.17, 15) is 14.7 Å². The average Bonchev–Trinajstić information content (AvgIpc) is 2.72. The van der Waals surface area contributed by atoms with Crippen LogP contribution in [-0.2, 0) is 20.1 Å². The fourth-order valence-electron chi connectivity index (χ4n) is 3.39. The number of aromatic nitrogens is 2. The molecule has 0 spiro atoms. The monoisotopic (exact) mass is 381 g/mol. The Morgan fingerprint density at radius 3 is 2.50 bits per heavy atom. The van der Waals surface area contributed by atoms with Crippen molar-refractivity contribution in [2.24, 2.45) is 7.05 Å².